The summed E-state index contributed by atoms with van der Waals surface area (Å²) in [4.78, 5) is 16.6. The lowest BCUT2D eigenvalue weighted by Gasteiger charge is -2.11. The highest BCUT2D eigenvalue weighted by Gasteiger charge is 2.07. The maximum atomic E-state index is 12.1. The molecule has 0 radical (unpaired) electrons. The third-order valence-corrected chi connectivity index (χ3v) is 5.83. The molecule has 0 aliphatic rings. The number of ether oxygens (including phenoxy) is 2. The standard InChI is InChI=1S/C28H41NO3/c1-4-6-7-8-9-10-11-12-13-14-28(30)32-25-17-15-24(16-18-25)27-20-19-26(21-29-27)31-22-23(3)5-2/h15-21,23H,4-14,22H2,1-3H3. The summed E-state index contributed by atoms with van der Waals surface area (Å²) < 4.78 is 11.2. The number of hydrogen-bond acceptors (Lipinski definition) is 4. The van der Waals surface area contributed by atoms with Crippen LogP contribution in [-0.4, -0.2) is 17.6 Å². The number of benzene rings is 1. The Morgan fingerprint density at radius 1 is 0.844 bits per heavy atom. The fourth-order valence-corrected chi connectivity index (χ4v) is 3.45. The second-order valence-electron chi connectivity index (χ2n) is 8.78. The summed E-state index contributed by atoms with van der Waals surface area (Å²) in [7, 11) is 0. The van der Waals surface area contributed by atoms with Crippen LogP contribution >= 0.6 is 0 Å². The first-order valence-corrected chi connectivity index (χ1v) is 12.5. The van der Waals surface area contributed by atoms with E-state index in [0.29, 0.717) is 24.7 Å². The second-order valence-corrected chi connectivity index (χ2v) is 8.78. The SMILES string of the molecule is CCCCCCCCCCCC(=O)Oc1ccc(-c2ccc(OCC(C)CC)cn2)cc1. The van der Waals surface area contributed by atoms with Gasteiger partial charge in [-0.25, -0.2) is 0 Å². The molecule has 0 fully saturated rings. The van der Waals surface area contributed by atoms with Gasteiger partial charge >= 0.3 is 5.97 Å². The molecule has 1 unspecified atom stereocenters. The predicted octanol–water partition coefficient (Wildman–Crippen LogP) is 8.00. The lowest BCUT2D eigenvalue weighted by atomic mass is 10.1. The average Bonchev–Trinajstić information content (AvgIpc) is 2.82. The fraction of sp³-hybridized carbons (Fsp3) is 0.571. The van der Waals surface area contributed by atoms with Crippen LogP contribution in [0.25, 0.3) is 11.3 Å². The van der Waals surface area contributed by atoms with Gasteiger partial charge in [0, 0.05) is 12.0 Å². The Morgan fingerprint density at radius 3 is 2.06 bits per heavy atom. The van der Waals surface area contributed by atoms with Crippen molar-refractivity contribution in [3.05, 3.63) is 42.6 Å². The van der Waals surface area contributed by atoms with Crippen molar-refractivity contribution < 1.29 is 14.3 Å². The molecule has 0 N–H and O–H groups in total. The number of unbranched alkanes of at least 4 members (excludes halogenated alkanes) is 8. The van der Waals surface area contributed by atoms with Crippen LogP contribution in [0.1, 0.15) is 91.4 Å². The van der Waals surface area contributed by atoms with Crippen LogP contribution in [-0.2, 0) is 4.79 Å². The van der Waals surface area contributed by atoms with E-state index in [2.05, 4.69) is 25.8 Å². The van der Waals surface area contributed by atoms with E-state index in [1.54, 1.807) is 6.20 Å². The molecule has 0 spiro atoms. The van der Waals surface area contributed by atoms with Crippen LogP contribution in [0.3, 0.4) is 0 Å². The van der Waals surface area contributed by atoms with Gasteiger partial charge in [-0.2, -0.15) is 0 Å². The minimum absolute atomic E-state index is 0.151. The Hall–Kier alpha value is -2.36. The quantitative estimate of drug-likeness (QED) is 0.151. The van der Waals surface area contributed by atoms with E-state index in [1.807, 2.05) is 36.4 Å². The topological polar surface area (TPSA) is 48.4 Å². The lowest BCUT2D eigenvalue weighted by molar-refractivity contribution is -0.134. The van der Waals surface area contributed by atoms with Crippen molar-refractivity contribution in [3.8, 4) is 22.8 Å². The van der Waals surface area contributed by atoms with Gasteiger partial charge in [0.1, 0.15) is 11.5 Å². The van der Waals surface area contributed by atoms with Gasteiger partial charge in [0.05, 0.1) is 18.5 Å². The zero-order valence-corrected chi connectivity index (χ0v) is 20.3. The molecule has 0 aliphatic heterocycles. The number of pyridine rings is 1. The maximum Gasteiger partial charge on any atom is 0.311 e. The largest absolute Gasteiger partial charge is 0.492 e. The molecule has 32 heavy (non-hydrogen) atoms. The Balaban J connectivity index is 1.67. The summed E-state index contributed by atoms with van der Waals surface area (Å²) >= 11 is 0. The first-order valence-electron chi connectivity index (χ1n) is 12.5. The van der Waals surface area contributed by atoms with Crippen LogP contribution in [0.2, 0.25) is 0 Å². The van der Waals surface area contributed by atoms with Crippen molar-refractivity contribution in [1.82, 2.24) is 4.98 Å². The molecule has 0 bridgehead atoms. The average molecular weight is 440 g/mol. The van der Waals surface area contributed by atoms with Gasteiger partial charge in [0.2, 0.25) is 0 Å². The lowest BCUT2D eigenvalue weighted by Crippen LogP contribution is -2.07. The van der Waals surface area contributed by atoms with Crippen LogP contribution in [0.15, 0.2) is 42.6 Å². The van der Waals surface area contributed by atoms with E-state index in [-0.39, 0.29) is 5.97 Å². The summed E-state index contributed by atoms with van der Waals surface area (Å²) in [5.74, 6) is 1.76. The molecule has 1 aromatic carbocycles. The molecule has 0 saturated carbocycles. The first kappa shape index (κ1) is 25.9. The van der Waals surface area contributed by atoms with Crippen molar-refractivity contribution in [2.75, 3.05) is 6.61 Å². The zero-order chi connectivity index (χ0) is 23.0. The van der Waals surface area contributed by atoms with E-state index in [1.165, 1.54) is 44.9 Å². The van der Waals surface area contributed by atoms with Gasteiger partial charge in [-0.1, -0.05) is 78.6 Å². The number of nitrogens with zero attached hydrogens (tertiary/aromatic N) is 1. The highest BCUT2D eigenvalue weighted by molar-refractivity contribution is 5.72. The molecule has 1 aromatic heterocycles. The number of carbonyl (C=O) groups excluding carboxylic acids is 1. The van der Waals surface area contributed by atoms with Crippen molar-refractivity contribution in [3.63, 3.8) is 0 Å². The molecule has 0 aliphatic carbocycles. The predicted molar refractivity (Wildman–Crippen MR) is 132 cm³/mol. The highest BCUT2D eigenvalue weighted by Crippen LogP contribution is 2.23. The summed E-state index contributed by atoms with van der Waals surface area (Å²) in [6, 6.07) is 11.4. The molecular formula is C28H41NO3. The molecule has 2 aromatic rings. The van der Waals surface area contributed by atoms with E-state index in [9.17, 15) is 4.79 Å². The van der Waals surface area contributed by atoms with Crippen molar-refractivity contribution in [1.29, 1.82) is 0 Å². The molecule has 176 valence electrons. The third kappa shape index (κ3) is 10.3. The number of aromatic nitrogens is 1. The monoisotopic (exact) mass is 439 g/mol. The van der Waals surface area contributed by atoms with Crippen LogP contribution in [0.5, 0.6) is 11.5 Å². The molecule has 1 atom stereocenters. The van der Waals surface area contributed by atoms with E-state index >= 15 is 0 Å². The molecule has 0 amide bonds. The Morgan fingerprint density at radius 2 is 1.47 bits per heavy atom. The van der Waals surface area contributed by atoms with Gasteiger partial charge in [-0.3, -0.25) is 9.78 Å². The smallest absolute Gasteiger partial charge is 0.311 e. The fourth-order valence-electron chi connectivity index (χ4n) is 3.45. The third-order valence-electron chi connectivity index (χ3n) is 5.83. The number of esters is 1. The highest BCUT2D eigenvalue weighted by atomic mass is 16.5. The normalized spacial score (nSPS) is 11.8. The zero-order valence-electron chi connectivity index (χ0n) is 20.3. The van der Waals surface area contributed by atoms with Gasteiger partial charge in [-0.05, 0) is 48.7 Å². The van der Waals surface area contributed by atoms with E-state index < -0.39 is 0 Å². The Bertz CT molecular complexity index is 755. The van der Waals surface area contributed by atoms with Crippen molar-refractivity contribution >= 4 is 5.97 Å². The molecule has 0 saturated heterocycles. The number of hydrogen-bond donors (Lipinski definition) is 0. The van der Waals surface area contributed by atoms with E-state index in [4.69, 9.17) is 9.47 Å². The Labute approximate surface area is 194 Å². The molecule has 4 nitrogen and oxygen atoms in total. The summed E-state index contributed by atoms with van der Waals surface area (Å²) in [6.07, 6.45) is 14.5. The minimum atomic E-state index is -0.151. The number of carbonyl (C=O) groups is 1. The van der Waals surface area contributed by atoms with Crippen LogP contribution in [0.4, 0.5) is 0 Å². The summed E-state index contributed by atoms with van der Waals surface area (Å²) in [5, 5.41) is 0. The summed E-state index contributed by atoms with van der Waals surface area (Å²) in [6.45, 7) is 7.28. The number of rotatable bonds is 16. The summed E-state index contributed by atoms with van der Waals surface area (Å²) in [5.41, 5.74) is 1.85. The van der Waals surface area contributed by atoms with Gasteiger partial charge in [0.15, 0.2) is 0 Å². The van der Waals surface area contributed by atoms with Crippen LogP contribution in [0, 0.1) is 5.92 Å². The van der Waals surface area contributed by atoms with E-state index in [0.717, 1.165) is 36.3 Å². The van der Waals surface area contributed by atoms with Gasteiger partial charge < -0.3 is 9.47 Å². The van der Waals surface area contributed by atoms with Crippen LogP contribution < -0.4 is 9.47 Å². The van der Waals surface area contributed by atoms with Crippen molar-refractivity contribution in [2.24, 2.45) is 5.92 Å². The second kappa shape index (κ2) is 15.4. The maximum absolute atomic E-state index is 12.1. The van der Waals surface area contributed by atoms with Gasteiger partial charge in [0.25, 0.3) is 0 Å². The Kier molecular flexibility index (Phi) is 12.5. The molecule has 1 heterocycles. The first-order chi connectivity index (χ1) is 15.6. The molecular weight excluding hydrogens is 398 g/mol. The molecule has 4 heteroatoms. The van der Waals surface area contributed by atoms with Gasteiger partial charge in [-0.15, -0.1) is 0 Å². The minimum Gasteiger partial charge on any atom is -0.492 e. The molecule has 2 rings (SSSR count). The van der Waals surface area contributed by atoms with Crippen molar-refractivity contribution in [2.45, 2.75) is 91.4 Å².